The highest BCUT2D eigenvalue weighted by Gasteiger charge is 2.29. The number of hydrogen-bond donors (Lipinski definition) is 3. The second-order valence-electron chi connectivity index (χ2n) is 6.37. The fourth-order valence-electron chi connectivity index (χ4n) is 2.33. The summed E-state index contributed by atoms with van der Waals surface area (Å²) in [5.41, 5.74) is 4.85. The molecule has 0 spiro atoms. The number of amides is 2. The lowest BCUT2D eigenvalue weighted by Gasteiger charge is -2.22. The first-order valence-electron chi connectivity index (χ1n) is 8.22. The van der Waals surface area contributed by atoms with Crippen molar-refractivity contribution in [1.82, 2.24) is 20.1 Å². The first-order valence-corrected chi connectivity index (χ1v) is 10.5. The van der Waals surface area contributed by atoms with Gasteiger partial charge in [0.15, 0.2) is 0 Å². The van der Waals surface area contributed by atoms with Gasteiger partial charge in [0.1, 0.15) is 11.7 Å². The average Bonchev–Trinajstić information content (AvgIpc) is 3.05. The van der Waals surface area contributed by atoms with Gasteiger partial charge in [0, 0.05) is 13.2 Å². The Hall–Kier alpha value is -2.07. The molecule has 0 bridgehead atoms. The maximum absolute atomic E-state index is 12.6. The molecule has 152 valence electrons. The number of sulfonamides is 1. The number of hydrazine groups is 1. The molecule has 1 unspecified atom stereocenters. The second-order valence-corrected chi connectivity index (χ2v) is 8.89. The molecule has 2 amide bonds. The second kappa shape index (κ2) is 8.95. The summed E-state index contributed by atoms with van der Waals surface area (Å²) in [6, 6.07) is 5.95. The Morgan fingerprint density at radius 1 is 1.07 bits per heavy atom. The number of benzene rings is 1. The maximum Gasteiger partial charge on any atom is 0.286 e. The van der Waals surface area contributed by atoms with Crippen LogP contribution < -0.4 is 15.6 Å². The van der Waals surface area contributed by atoms with Crippen LogP contribution in [0.4, 0.5) is 0 Å². The molecule has 0 aliphatic rings. The van der Waals surface area contributed by atoms with E-state index in [2.05, 4.69) is 15.6 Å². The van der Waals surface area contributed by atoms with Crippen molar-refractivity contribution in [2.45, 2.75) is 24.8 Å². The molecule has 0 aliphatic carbocycles. The molecule has 0 radical (unpaired) electrons. The number of nitrogens with zero attached hydrogens (tertiary/aromatic N) is 1. The zero-order valence-electron chi connectivity index (χ0n) is 15.4. The van der Waals surface area contributed by atoms with E-state index in [1.807, 2.05) is 0 Å². The number of carbonyl (C=O) groups is 2. The Labute approximate surface area is 173 Å². The standard InChI is InChI=1S/C17H20Cl2N4O4S/c1-10(2)15(17(25)21-20-16(24)14-5-4-8-23(14)3)22-28(26,27)11-6-7-12(18)13(19)9-11/h4-10,15,22H,1-3H3,(H,20,24)(H,21,25). The minimum Gasteiger partial charge on any atom is -0.347 e. The van der Waals surface area contributed by atoms with Gasteiger partial charge < -0.3 is 4.57 Å². The van der Waals surface area contributed by atoms with Crippen LogP contribution in [0.1, 0.15) is 24.3 Å². The number of aryl methyl sites for hydroxylation is 1. The van der Waals surface area contributed by atoms with Gasteiger partial charge in [-0.2, -0.15) is 4.72 Å². The van der Waals surface area contributed by atoms with Gasteiger partial charge in [0.25, 0.3) is 11.8 Å². The summed E-state index contributed by atoms with van der Waals surface area (Å²) in [4.78, 5) is 24.4. The molecule has 8 nitrogen and oxygen atoms in total. The smallest absolute Gasteiger partial charge is 0.286 e. The van der Waals surface area contributed by atoms with E-state index in [1.54, 1.807) is 43.8 Å². The fraction of sp³-hybridized carbons (Fsp3) is 0.294. The van der Waals surface area contributed by atoms with E-state index in [0.29, 0.717) is 5.69 Å². The van der Waals surface area contributed by atoms with Crippen LogP contribution in [0.25, 0.3) is 0 Å². The van der Waals surface area contributed by atoms with Gasteiger partial charge in [-0.15, -0.1) is 0 Å². The molecule has 0 saturated heterocycles. The Bertz CT molecular complexity index is 989. The molecule has 1 heterocycles. The normalized spacial score (nSPS) is 12.6. The summed E-state index contributed by atoms with van der Waals surface area (Å²) in [6.07, 6.45) is 1.68. The van der Waals surface area contributed by atoms with Crippen molar-refractivity contribution in [3.8, 4) is 0 Å². The van der Waals surface area contributed by atoms with E-state index >= 15 is 0 Å². The Balaban J connectivity index is 2.11. The topological polar surface area (TPSA) is 109 Å². The van der Waals surface area contributed by atoms with Gasteiger partial charge in [0.2, 0.25) is 10.0 Å². The van der Waals surface area contributed by atoms with Crippen molar-refractivity contribution in [2.75, 3.05) is 0 Å². The third-order valence-corrected chi connectivity index (χ3v) is 6.09. The molecule has 11 heteroatoms. The molecule has 3 N–H and O–H groups in total. The summed E-state index contributed by atoms with van der Waals surface area (Å²) in [7, 11) is -2.37. The van der Waals surface area contributed by atoms with Crippen molar-refractivity contribution >= 4 is 45.0 Å². The van der Waals surface area contributed by atoms with Gasteiger partial charge in [0.05, 0.1) is 14.9 Å². The van der Waals surface area contributed by atoms with E-state index in [9.17, 15) is 18.0 Å². The molecular formula is C17H20Cl2N4O4S. The highest BCUT2D eigenvalue weighted by atomic mass is 35.5. The molecule has 1 aromatic carbocycles. The predicted molar refractivity (Wildman–Crippen MR) is 106 cm³/mol. The number of carbonyl (C=O) groups excluding carboxylic acids is 2. The van der Waals surface area contributed by atoms with E-state index < -0.39 is 33.8 Å². The Morgan fingerprint density at radius 2 is 1.75 bits per heavy atom. The van der Waals surface area contributed by atoms with Gasteiger partial charge in [-0.05, 0) is 36.2 Å². The zero-order chi connectivity index (χ0) is 21.1. The molecule has 1 aromatic heterocycles. The Morgan fingerprint density at radius 3 is 2.29 bits per heavy atom. The third-order valence-electron chi connectivity index (χ3n) is 3.91. The Kier molecular flexibility index (Phi) is 7.11. The predicted octanol–water partition coefficient (Wildman–Crippen LogP) is 2.10. The van der Waals surface area contributed by atoms with Crippen LogP contribution in [0.15, 0.2) is 41.4 Å². The largest absolute Gasteiger partial charge is 0.347 e. The fourth-order valence-corrected chi connectivity index (χ4v) is 4.06. The van der Waals surface area contributed by atoms with Crippen molar-refractivity contribution in [1.29, 1.82) is 0 Å². The highest BCUT2D eigenvalue weighted by Crippen LogP contribution is 2.25. The first kappa shape index (κ1) is 22.2. The lowest BCUT2D eigenvalue weighted by atomic mass is 10.1. The molecule has 28 heavy (non-hydrogen) atoms. The molecule has 0 aliphatic heterocycles. The average molecular weight is 447 g/mol. The molecular weight excluding hydrogens is 427 g/mol. The SMILES string of the molecule is CC(C)C(NS(=O)(=O)c1ccc(Cl)c(Cl)c1)C(=O)NNC(=O)c1cccn1C. The van der Waals surface area contributed by atoms with Crippen LogP contribution >= 0.6 is 23.2 Å². The molecule has 1 atom stereocenters. The summed E-state index contributed by atoms with van der Waals surface area (Å²) in [6.45, 7) is 3.33. The van der Waals surface area contributed by atoms with Crippen LogP contribution in [-0.2, 0) is 21.9 Å². The maximum atomic E-state index is 12.6. The van der Waals surface area contributed by atoms with Crippen molar-refractivity contribution in [2.24, 2.45) is 13.0 Å². The molecule has 2 rings (SSSR count). The van der Waals surface area contributed by atoms with Gasteiger partial charge in [-0.3, -0.25) is 20.4 Å². The third kappa shape index (κ3) is 5.26. The van der Waals surface area contributed by atoms with E-state index in [0.717, 1.165) is 0 Å². The lowest BCUT2D eigenvalue weighted by molar-refractivity contribution is -0.124. The van der Waals surface area contributed by atoms with Crippen molar-refractivity contribution in [3.63, 3.8) is 0 Å². The van der Waals surface area contributed by atoms with Gasteiger partial charge >= 0.3 is 0 Å². The molecule has 2 aromatic rings. The van der Waals surface area contributed by atoms with E-state index in [-0.39, 0.29) is 14.9 Å². The summed E-state index contributed by atoms with van der Waals surface area (Å²) in [5, 5.41) is 0.284. The van der Waals surface area contributed by atoms with Crippen LogP contribution in [0.5, 0.6) is 0 Å². The van der Waals surface area contributed by atoms with E-state index in [4.69, 9.17) is 23.2 Å². The molecule has 0 saturated carbocycles. The molecule has 0 fully saturated rings. The van der Waals surface area contributed by atoms with Gasteiger partial charge in [-0.1, -0.05) is 37.0 Å². The van der Waals surface area contributed by atoms with Crippen molar-refractivity contribution in [3.05, 3.63) is 52.3 Å². The number of rotatable bonds is 6. The first-order chi connectivity index (χ1) is 13.0. The number of nitrogens with one attached hydrogen (secondary N) is 3. The minimum atomic E-state index is -4.05. The summed E-state index contributed by atoms with van der Waals surface area (Å²) >= 11 is 11.7. The van der Waals surface area contributed by atoms with Crippen LogP contribution in [0.3, 0.4) is 0 Å². The van der Waals surface area contributed by atoms with Crippen LogP contribution in [0.2, 0.25) is 10.0 Å². The number of halogens is 2. The van der Waals surface area contributed by atoms with Crippen LogP contribution in [0, 0.1) is 5.92 Å². The highest BCUT2D eigenvalue weighted by molar-refractivity contribution is 7.89. The summed E-state index contributed by atoms with van der Waals surface area (Å²) < 4.78 is 29.1. The quantitative estimate of drug-likeness (QED) is 0.590. The summed E-state index contributed by atoms with van der Waals surface area (Å²) in [5.74, 6) is -1.64. The van der Waals surface area contributed by atoms with Gasteiger partial charge in [-0.25, -0.2) is 8.42 Å². The zero-order valence-corrected chi connectivity index (χ0v) is 17.7. The number of aromatic nitrogens is 1. The number of hydrogen-bond acceptors (Lipinski definition) is 4. The lowest BCUT2D eigenvalue weighted by Crippen LogP contribution is -2.54. The van der Waals surface area contributed by atoms with E-state index in [1.165, 1.54) is 18.2 Å². The minimum absolute atomic E-state index is 0.0740. The van der Waals surface area contributed by atoms with Crippen LogP contribution in [-0.4, -0.2) is 30.8 Å². The van der Waals surface area contributed by atoms with Crippen molar-refractivity contribution < 1.29 is 18.0 Å². The monoisotopic (exact) mass is 446 g/mol.